The Morgan fingerprint density at radius 2 is 1.79 bits per heavy atom. The molecule has 9 nitrogen and oxygen atoms in total. The van der Waals surface area contributed by atoms with Crippen molar-refractivity contribution in [1.82, 2.24) is 10.2 Å². The van der Waals surface area contributed by atoms with Gasteiger partial charge in [-0.15, -0.1) is 0 Å². The number of nitro benzene ring substituents is 1. The predicted molar refractivity (Wildman–Crippen MR) is 105 cm³/mol. The second-order valence-corrected chi connectivity index (χ2v) is 7.76. The third-order valence-corrected chi connectivity index (χ3v) is 4.35. The van der Waals surface area contributed by atoms with Crippen molar-refractivity contribution in [2.24, 2.45) is 5.92 Å². The molecule has 1 aliphatic heterocycles. The average molecular weight is 392 g/mol. The van der Waals surface area contributed by atoms with Crippen LogP contribution in [0.4, 0.5) is 16.2 Å². The van der Waals surface area contributed by atoms with Crippen LogP contribution in [0.3, 0.4) is 0 Å². The van der Waals surface area contributed by atoms with Crippen LogP contribution < -0.4 is 10.6 Å². The molecule has 0 saturated carbocycles. The van der Waals surface area contributed by atoms with E-state index in [0.717, 1.165) is 5.69 Å². The number of nitrogens with one attached hydrogen (secondary N) is 2. The molecule has 1 fully saturated rings. The number of hydrogen-bond donors (Lipinski definition) is 2. The molecule has 0 unspecified atom stereocenters. The highest BCUT2D eigenvalue weighted by Gasteiger charge is 2.29. The van der Waals surface area contributed by atoms with Crippen molar-refractivity contribution in [2.75, 3.05) is 31.5 Å². The van der Waals surface area contributed by atoms with Gasteiger partial charge >= 0.3 is 6.09 Å². The van der Waals surface area contributed by atoms with Gasteiger partial charge in [0.15, 0.2) is 0 Å². The lowest BCUT2D eigenvalue weighted by atomic mass is 9.96. The van der Waals surface area contributed by atoms with Gasteiger partial charge in [0, 0.05) is 49.9 Å². The highest BCUT2D eigenvalue weighted by Crippen LogP contribution is 2.20. The minimum absolute atomic E-state index is 0.0191. The van der Waals surface area contributed by atoms with E-state index in [1.54, 1.807) is 17.0 Å². The minimum Gasteiger partial charge on any atom is -0.444 e. The number of piperidine rings is 1. The maximum atomic E-state index is 12.3. The molecule has 1 aromatic carbocycles. The van der Waals surface area contributed by atoms with Gasteiger partial charge < -0.3 is 20.3 Å². The summed E-state index contributed by atoms with van der Waals surface area (Å²) in [5, 5.41) is 16.6. The van der Waals surface area contributed by atoms with Crippen LogP contribution in [0.15, 0.2) is 24.3 Å². The van der Waals surface area contributed by atoms with Crippen molar-refractivity contribution in [3.8, 4) is 0 Å². The Kier molecular flexibility index (Phi) is 7.19. The lowest BCUT2D eigenvalue weighted by Crippen LogP contribution is -2.45. The van der Waals surface area contributed by atoms with Gasteiger partial charge in [-0.3, -0.25) is 14.9 Å². The lowest BCUT2D eigenvalue weighted by molar-refractivity contribution is -0.384. The molecular weight excluding hydrogens is 364 g/mol. The molecule has 0 spiro atoms. The monoisotopic (exact) mass is 392 g/mol. The Balaban J connectivity index is 1.66. The Labute approximate surface area is 164 Å². The lowest BCUT2D eigenvalue weighted by Gasteiger charge is -2.32. The first-order valence-electron chi connectivity index (χ1n) is 9.39. The SMILES string of the molecule is CC(C)(C)OC(=O)N1CCC(C(=O)NCCNc2ccc([N+](=O)[O-])cc2)CC1. The van der Waals surface area contributed by atoms with Crippen LogP contribution in [0.2, 0.25) is 0 Å². The zero-order chi connectivity index (χ0) is 20.7. The zero-order valence-corrected chi connectivity index (χ0v) is 16.6. The van der Waals surface area contributed by atoms with E-state index in [1.807, 2.05) is 20.8 Å². The molecule has 0 bridgehead atoms. The molecule has 2 rings (SSSR count). The number of ether oxygens (including phenoxy) is 1. The highest BCUT2D eigenvalue weighted by atomic mass is 16.6. The summed E-state index contributed by atoms with van der Waals surface area (Å²) in [4.78, 5) is 36.2. The Bertz CT molecular complexity index is 691. The number of anilines is 1. The van der Waals surface area contributed by atoms with Crippen molar-refractivity contribution >= 4 is 23.4 Å². The normalized spacial score (nSPS) is 15.0. The van der Waals surface area contributed by atoms with Crippen molar-refractivity contribution in [1.29, 1.82) is 0 Å². The standard InChI is InChI=1S/C19H28N4O5/c1-19(2,3)28-18(25)22-12-8-14(9-13-22)17(24)21-11-10-20-15-4-6-16(7-5-15)23(26)27/h4-7,14,20H,8-13H2,1-3H3,(H,21,24). The Hall–Kier alpha value is -2.84. The number of non-ortho nitro benzene ring substituents is 1. The van der Waals surface area contributed by atoms with Crippen molar-refractivity contribution in [2.45, 2.75) is 39.2 Å². The number of likely N-dealkylation sites (tertiary alicyclic amines) is 1. The fourth-order valence-electron chi connectivity index (χ4n) is 2.89. The molecule has 0 atom stereocenters. The minimum atomic E-state index is -0.526. The largest absolute Gasteiger partial charge is 0.444 e. The van der Waals surface area contributed by atoms with Crippen molar-refractivity contribution in [3.05, 3.63) is 34.4 Å². The van der Waals surface area contributed by atoms with E-state index in [2.05, 4.69) is 10.6 Å². The maximum absolute atomic E-state index is 12.3. The molecule has 2 N–H and O–H groups in total. The van der Waals surface area contributed by atoms with Gasteiger partial charge in [-0.25, -0.2) is 4.79 Å². The number of nitro groups is 1. The van der Waals surface area contributed by atoms with Crippen molar-refractivity contribution < 1.29 is 19.2 Å². The summed E-state index contributed by atoms with van der Waals surface area (Å²) in [6.45, 7) is 7.46. The first kappa shape index (κ1) is 21.5. The van der Waals surface area contributed by atoms with Gasteiger partial charge in [0.25, 0.3) is 5.69 Å². The third-order valence-electron chi connectivity index (χ3n) is 4.35. The molecular formula is C19H28N4O5. The number of rotatable bonds is 6. The molecule has 1 aliphatic rings. The summed E-state index contributed by atoms with van der Waals surface area (Å²) in [5.74, 6) is -0.132. The molecule has 0 radical (unpaired) electrons. The summed E-state index contributed by atoms with van der Waals surface area (Å²) in [5.41, 5.74) is 0.268. The molecule has 1 saturated heterocycles. The fraction of sp³-hybridized carbons (Fsp3) is 0.579. The summed E-state index contributed by atoms with van der Waals surface area (Å²) in [6, 6.07) is 6.12. The van der Waals surface area contributed by atoms with Gasteiger partial charge in [-0.2, -0.15) is 0 Å². The molecule has 1 heterocycles. The number of carbonyl (C=O) groups is 2. The molecule has 1 aromatic rings. The number of amides is 2. The van der Waals surface area contributed by atoms with Gasteiger partial charge in [0.05, 0.1) is 4.92 Å². The van der Waals surface area contributed by atoms with Crippen LogP contribution in [0.25, 0.3) is 0 Å². The number of benzene rings is 1. The topological polar surface area (TPSA) is 114 Å². The number of nitrogens with zero attached hydrogens (tertiary/aromatic N) is 2. The third kappa shape index (κ3) is 6.71. The second kappa shape index (κ2) is 9.38. The molecule has 28 heavy (non-hydrogen) atoms. The zero-order valence-electron chi connectivity index (χ0n) is 16.6. The highest BCUT2D eigenvalue weighted by molar-refractivity contribution is 5.79. The van der Waals surface area contributed by atoms with E-state index in [-0.39, 0.29) is 23.6 Å². The summed E-state index contributed by atoms with van der Waals surface area (Å²) in [7, 11) is 0. The molecule has 0 aromatic heterocycles. The number of hydrogen-bond acceptors (Lipinski definition) is 6. The molecule has 9 heteroatoms. The quantitative estimate of drug-likeness (QED) is 0.437. The molecule has 0 aliphatic carbocycles. The van der Waals surface area contributed by atoms with Gasteiger partial charge in [0.2, 0.25) is 5.91 Å². The van der Waals surface area contributed by atoms with E-state index in [9.17, 15) is 19.7 Å². The van der Waals surface area contributed by atoms with E-state index < -0.39 is 10.5 Å². The van der Waals surface area contributed by atoms with Crippen LogP contribution in [0.1, 0.15) is 33.6 Å². The van der Waals surface area contributed by atoms with Crippen LogP contribution in [-0.2, 0) is 9.53 Å². The van der Waals surface area contributed by atoms with Gasteiger partial charge in [0.1, 0.15) is 5.60 Å². The van der Waals surface area contributed by atoms with E-state index in [0.29, 0.717) is 39.0 Å². The van der Waals surface area contributed by atoms with E-state index >= 15 is 0 Å². The second-order valence-electron chi connectivity index (χ2n) is 7.76. The number of carbonyl (C=O) groups excluding carboxylic acids is 2. The van der Waals surface area contributed by atoms with E-state index in [1.165, 1.54) is 12.1 Å². The van der Waals surface area contributed by atoms with Crippen LogP contribution in [0.5, 0.6) is 0 Å². The van der Waals surface area contributed by atoms with Gasteiger partial charge in [-0.1, -0.05) is 0 Å². The fourth-order valence-corrected chi connectivity index (χ4v) is 2.89. The smallest absolute Gasteiger partial charge is 0.410 e. The molecule has 154 valence electrons. The summed E-state index contributed by atoms with van der Waals surface area (Å²) < 4.78 is 5.36. The maximum Gasteiger partial charge on any atom is 0.410 e. The average Bonchev–Trinajstić information content (AvgIpc) is 2.64. The summed E-state index contributed by atoms with van der Waals surface area (Å²) >= 11 is 0. The van der Waals surface area contributed by atoms with Gasteiger partial charge in [-0.05, 0) is 45.7 Å². The first-order valence-corrected chi connectivity index (χ1v) is 9.39. The predicted octanol–water partition coefficient (Wildman–Crippen LogP) is 2.77. The van der Waals surface area contributed by atoms with Crippen molar-refractivity contribution in [3.63, 3.8) is 0 Å². The van der Waals surface area contributed by atoms with E-state index in [4.69, 9.17) is 4.74 Å². The van der Waals surface area contributed by atoms with Crippen LogP contribution in [0, 0.1) is 16.0 Å². The summed E-state index contributed by atoms with van der Waals surface area (Å²) in [6.07, 6.45) is 0.889. The van der Waals surface area contributed by atoms with Crippen LogP contribution >= 0.6 is 0 Å². The first-order chi connectivity index (χ1) is 13.2. The van der Waals surface area contributed by atoms with Crippen LogP contribution in [-0.4, -0.2) is 53.6 Å². The Morgan fingerprint density at radius 1 is 1.18 bits per heavy atom. The Morgan fingerprint density at radius 3 is 2.32 bits per heavy atom. The molecule has 2 amide bonds.